The van der Waals surface area contributed by atoms with Crippen molar-refractivity contribution in [2.75, 3.05) is 20.2 Å². The molecule has 0 fully saturated rings. The summed E-state index contributed by atoms with van der Waals surface area (Å²) in [5, 5.41) is 0.354. The summed E-state index contributed by atoms with van der Waals surface area (Å²) in [6, 6.07) is 22.2. The smallest absolute Gasteiger partial charge is 0.331 e. The van der Waals surface area contributed by atoms with E-state index in [0.29, 0.717) is 54.7 Å². The average molecular weight is 521 g/mol. The van der Waals surface area contributed by atoms with E-state index in [1.54, 1.807) is 41.1 Å². The molecular formula is C28H29ClN4O4. The van der Waals surface area contributed by atoms with E-state index in [4.69, 9.17) is 26.8 Å². The lowest BCUT2D eigenvalue weighted by atomic mass is 10.1. The van der Waals surface area contributed by atoms with Crippen LogP contribution in [0.25, 0.3) is 0 Å². The van der Waals surface area contributed by atoms with Gasteiger partial charge in [-0.25, -0.2) is 9.79 Å². The lowest BCUT2D eigenvalue weighted by Crippen LogP contribution is -2.42. The third kappa shape index (κ3) is 7.01. The summed E-state index contributed by atoms with van der Waals surface area (Å²) in [7, 11) is 1.80. The number of para-hydroxylation sites is 2. The molecule has 8 nitrogen and oxygen atoms in total. The number of hydrogen-bond acceptors (Lipinski definition) is 7. The maximum Gasteiger partial charge on any atom is 0.331 e. The third-order valence-electron chi connectivity index (χ3n) is 5.86. The van der Waals surface area contributed by atoms with Gasteiger partial charge in [0.05, 0.1) is 11.6 Å². The van der Waals surface area contributed by atoms with Crippen LogP contribution >= 0.6 is 11.6 Å². The monoisotopic (exact) mass is 520 g/mol. The average Bonchev–Trinajstić information content (AvgIpc) is 2.89. The summed E-state index contributed by atoms with van der Waals surface area (Å²) in [4.78, 5) is 32.8. The Bertz CT molecular complexity index is 1280. The molecule has 1 aliphatic rings. The zero-order chi connectivity index (χ0) is 26.2. The van der Waals surface area contributed by atoms with Gasteiger partial charge < -0.3 is 25.0 Å². The molecule has 3 aromatic carbocycles. The van der Waals surface area contributed by atoms with E-state index in [1.807, 2.05) is 48.5 Å². The van der Waals surface area contributed by atoms with Gasteiger partial charge >= 0.3 is 5.97 Å². The number of fused-ring (bicyclic) bond motifs is 1. The second kappa shape index (κ2) is 12.3. The number of esters is 1. The molecule has 0 unspecified atom stereocenters. The molecule has 0 aromatic heterocycles. The van der Waals surface area contributed by atoms with Gasteiger partial charge in [0.25, 0.3) is 0 Å². The number of ether oxygens (including phenoxy) is 2. The fourth-order valence-electron chi connectivity index (χ4n) is 3.93. The first-order valence-corrected chi connectivity index (χ1v) is 12.4. The van der Waals surface area contributed by atoms with Crippen LogP contribution in [0.1, 0.15) is 24.0 Å². The van der Waals surface area contributed by atoms with Gasteiger partial charge in [0.1, 0.15) is 23.7 Å². The Balaban J connectivity index is 1.28. The standard InChI is InChI=1S/C28H29ClN4O4/c1-32(17-20-9-3-2-4-10-20)25(34)15-8-16-36-24-14-7-11-21-18-33(28(30)31-27(21)24)19-26(35)37-23-13-6-5-12-22(23)29/h2-7,9-14H,8,15-19H2,1H3,(H2,30,31). The highest BCUT2D eigenvalue weighted by Gasteiger charge is 2.23. The van der Waals surface area contributed by atoms with E-state index in [-0.39, 0.29) is 18.4 Å². The Morgan fingerprint density at radius 1 is 1.03 bits per heavy atom. The first-order chi connectivity index (χ1) is 17.9. The van der Waals surface area contributed by atoms with Crippen LogP contribution in [0.2, 0.25) is 5.02 Å². The molecule has 1 amide bonds. The van der Waals surface area contributed by atoms with Gasteiger partial charge in [0.2, 0.25) is 5.91 Å². The van der Waals surface area contributed by atoms with E-state index in [1.165, 1.54) is 0 Å². The largest absolute Gasteiger partial charge is 0.491 e. The van der Waals surface area contributed by atoms with Gasteiger partial charge in [0.15, 0.2) is 5.96 Å². The molecule has 0 spiro atoms. The molecule has 0 radical (unpaired) electrons. The van der Waals surface area contributed by atoms with Gasteiger partial charge in [-0.3, -0.25) is 4.79 Å². The van der Waals surface area contributed by atoms with Crippen molar-refractivity contribution < 1.29 is 19.1 Å². The van der Waals surface area contributed by atoms with E-state index < -0.39 is 5.97 Å². The fraction of sp³-hybridized carbons (Fsp3) is 0.250. The molecule has 0 saturated carbocycles. The first kappa shape index (κ1) is 26.0. The maximum atomic E-state index is 12.5. The van der Waals surface area contributed by atoms with Crippen LogP contribution in [0.3, 0.4) is 0 Å². The SMILES string of the molecule is CN(Cc1ccccc1)C(=O)CCCOc1cccc2c1N=C(N)N(CC(=O)Oc1ccccc1Cl)C2. The van der Waals surface area contributed by atoms with Gasteiger partial charge in [-0.15, -0.1) is 0 Å². The number of aliphatic imine (C=N–C) groups is 1. The van der Waals surface area contributed by atoms with E-state index in [9.17, 15) is 9.59 Å². The summed E-state index contributed by atoms with van der Waals surface area (Å²) >= 11 is 6.07. The van der Waals surface area contributed by atoms with Crippen LogP contribution in [-0.2, 0) is 22.7 Å². The minimum absolute atomic E-state index is 0.0594. The maximum absolute atomic E-state index is 12.5. The fourth-order valence-corrected chi connectivity index (χ4v) is 4.10. The number of rotatable bonds is 10. The molecule has 192 valence electrons. The highest BCUT2D eigenvalue weighted by Crippen LogP contribution is 2.35. The Labute approximate surface area is 221 Å². The number of carbonyl (C=O) groups is 2. The zero-order valence-electron chi connectivity index (χ0n) is 20.6. The summed E-state index contributed by atoms with van der Waals surface area (Å²) in [6.45, 7) is 1.24. The van der Waals surface area contributed by atoms with Crippen molar-refractivity contribution in [3.8, 4) is 11.5 Å². The highest BCUT2D eigenvalue weighted by molar-refractivity contribution is 6.32. The van der Waals surface area contributed by atoms with Crippen LogP contribution in [0.5, 0.6) is 11.5 Å². The number of amides is 1. The molecular weight excluding hydrogens is 492 g/mol. The Morgan fingerprint density at radius 3 is 2.54 bits per heavy atom. The van der Waals surface area contributed by atoms with Gasteiger partial charge in [0, 0.05) is 32.1 Å². The summed E-state index contributed by atoms with van der Waals surface area (Å²) in [5.74, 6) is 0.636. The number of benzene rings is 3. The van der Waals surface area contributed by atoms with E-state index in [2.05, 4.69) is 4.99 Å². The Hall–Kier alpha value is -4.04. The molecule has 1 heterocycles. The Morgan fingerprint density at radius 2 is 1.76 bits per heavy atom. The van der Waals surface area contributed by atoms with Crippen LogP contribution in [-0.4, -0.2) is 47.8 Å². The number of guanidine groups is 1. The van der Waals surface area contributed by atoms with Crippen molar-refractivity contribution in [1.82, 2.24) is 9.80 Å². The Kier molecular flexibility index (Phi) is 8.64. The number of nitrogens with two attached hydrogens (primary N) is 1. The van der Waals surface area contributed by atoms with Gasteiger partial charge in [-0.05, 0) is 30.2 Å². The van der Waals surface area contributed by atoms with E-state index in [0.717, 1.165) is 11.1 Å². The lowest BCUT2D eigenvalue weighted by Gasteiger charge is -2.28. The van der Waals surface area contributed by atoms with Crippen LogP contribution < -0.4 is 15.2 Å². The molecule has 0 bridgehead atoms. The molecule has 0 saturated heterocycles. The molecule has 0 atom stereocenters. The molecule has 4 rings (SSSR count). The van der Waals surface area contributed by atoms with Crippen molar-refractivity contribution in [2.24, 2.45) is 10.7 Å². The van der Waals surface area contributed by atoms with Crippen LogP contribution in [0, 0.1) is 0 Å². The first-order valence-electron chi connectivity index (χ1n) is 12.0. The number of nitrogens with zero attached hydrogens (tertiary/aromatic N) is 3. The number of carbonyl (C=O) groups excluding carboxylic acids is 2. The molecule has 0 aliphatic carbocycles. The van der Waals surface area contributed by atoms with Crippen molar-refractivity contribution >= 4 is 35.1 Å². The molecule has 9 heteroatoms. The second-order valence-corrected chi connectivity index (χ2v) is 9.09. The van der Waals surface area contributed by atoms with E-state index >= 15 is 0 Å². The highest BCUT2D eigenvalue weighted by atomic mass is 35.5. The van der Waals surface area contributed by atoms with Crippen LogP contribution in [0.4, 0.5) is 5.69 Å². The molecule has 2 N–H and O–H groups in total. The zero-order valence-corrected chi connectivity index (χ0v) is 21.4. The van der Waals surface area contributed by atoms with Gasteiger partial charge in [-0.2, -0.15) is 0 Å². The molecule has 37 heavy (non-hydrogen) atoms. The quantitative estimate of drug-likeness (QED) is 0.240. The third-order valence-corrected chi connectivity index (χ3v) is 6.17. The summed E-state index contributed by atoms with van der Waals surface area (Å²) in [6.07, 6.45) is 0.950. The number of halogens is 1. The van der Waals surface area contributed by atoms with Crippen molar-refractivity contribution in [1.29, 1.82) is 0 Å². The normalized spacial score (nSPS) is 12.4. The number of hydrogen-bond donors (Lipinski definition) is 1. The van der Waals surface area contributed by atoms with Crippen molar-refractivity contribution in [3.63, 3.8) is 0 Å². The van der Waals surface area contributed by atoms with Gasteiger partial charge in [-0.1, -0.05) is 66.2 Å². The predicted molar refractivity (Wildman–Crippen MR) is 143 cm³/mol. The molecule has 1 aliphatic heterocycles. The van der Waals surface area contributed by atoms with Crippen molar-refractivity contribution in [3.05, 3.63) is 88.9 Å². The summed E-state index contributed by atoms with van der Waals surface area (Å²) < 4.78 is 11.3. The minimum Gasteiger partial charge on any atom is -0.491 e. The summed E-state index contributed by atoms with van der Waals surface area (Å²) in [5.41, 5.74) is 8.75. The second-order valence-electron chi connectivity index (χ2n) is 8.68. The minimum atomic E-state index is -0.496. The molecule has 3 aromatic rings. The van der Waals surface area contributed by atoms with Crippen LogP contribution in [0.15, 0.2) is 77.8 Å². The van der Waals surface area contributed by atoms with Crippen molar-refractivity contribution in [2.45, 2.75) is 25.9 Å². The topological polar surface area (TPSA) is 97.5 Å². The lowest BCUT2D eigenvalue weighted by molar-refractivity contribution is -0.135. The predicted octanol–water partition coefficient (Wildman–Crippen LogP) is 4.53.